The van der Waals surface area contributed by atoms with Crippen LogP contribution < -0.4 is 5.32 Å². The maximum Gasteiger partial charge on any atom is 0.0342 e. The van der Waals surface area contributed by atoms with Gasteiger partial charge in [-0.05, 0) is 61.6 Å². The molecule has 0 bridgehead atoms. The zero-order valence-corrected chi connectivity index (χ0v) is 12.8. The van der Waals surface area contributed by atoms with Crippen LogP contribution in [0.15, 0.2) is 24.3 Å². The fraction of sp³-hybridized carbons (Fsp3) is 0.667. The number of hydrogen-bond acceptors (Lipinski definition) is 1. The van der Waals surface area contributed by atoms with E-state index >= 15 is 0 Å². The van der Waals surface area contributed by atoms with Crippen LogP contribution in [0.1, 0.15) is 58.4 Å². The van der Waals surface area contributed by atoms with Crippen molar-refractivity contribution in [1.82, 2.24) is 0 Å². The maximum absolute atomic E-state index is 3.73. The number of hydrogen-bond donors (Lipinski definition) is 1. The number of anilines is 1. The molecule has 0 aliphatic heterocycles. The first kappa shape index (κ1) is 14.4. The van der Waals surface area contributed by atoms with Crippen molar-refractivity contribution < 1.29 is 0 Å². The van der Waals surface area contributed by atoms with E-state index in [-0.39, 0.29) is 0 Å². The molecule has 1 aliphatic carbocycles. The van der Waals surface area contributed by atoms with Gasteiger partial charge in [0.15, 0.2) is 0 Å². The predicted octanol–water partition coefficient (Wildman–Crippen LogP) is 5.27. The summed E-state index contributed by atoms with van der Waals surface area (Å²) in [6, 6.07) is 9.76. The quantitative estimate of drug-likeness (QED) is 0.760. The van der Waals surface area contributed by atoms with Crippen molar-refractivity contribution in [3.05, 3.63) is 29.8 Å². The first-order chi connectivity index (χ1) is 9.19. The summed E-state index contributed by atoms with van der Waals surface area (Å²) in [6.07, 6.45) is 7.85. The average Bonchev–Trinajstić information content (AvgIpc) is 2.41. The molecule has 1 saturated carbocycles. The molecule has 2 rings (SSSR count). The average molecular weight is 259 g/mol. The molecule has 0 spiro atoms. The van der Waals surface area contributed by atoms with E-state index in [4.69, 9.17) is 0 Å². The van der Waals surface area contributed by atoms with E-state index in [1.54, 1.807) is 0 Å². The van der Waals surface area contributed by atoms with Crippen LogP contribution in [0.2, 0.25) is 0 Å². The molecule has 1 N–H and O–H groups in total. The number of nitrogens with one attached hydrogen (secondary N) is 1. The van der Waals surface area contributed by atoms with Gasteiger partial charge in [-0.25, -0.2) is 0 Å². The largest absolute Gasteiger partial charge is 0.382 e. The van der Waals surface area contributed by atoms with Crippen LogP contribution in [0, 0.1) is 11.8 Å². The summed E-state index contributed by atoms with van der Waals surface area (Å²) >= 11 is 0. The molecule has 1 aliphatic rings. The van der Waals surface area contributed by atoms with Gasteiger partial charge in [0.05, 0.1) is 0 Å². The molecule has 106 valence electrons. The van der Waals surface area contributed by atoms with Crippen LogP contribution in [-0.2, 0) is 6.42 Å². The van der Waals surface area contributed by atoms with E-state index in [1.165, 1.54) is 49.8 Å². The lowest BCUT2D eigenvalue weighted by Gasteiger charge is -2.33. The Morgan fingerprint density at radius 1 is 1.11 bits per heavy atom. The smallest absolute Gasteiger partial charge is 0.0342 e. The van der Waals surface area contributed by atoms with Gasteiger partial charge in [-0.1, -0.05) is 39.3 Å². The fourth-order valence-corrected chi connectivity index (χ4v) is 3.24. The number of rotatable bonds is 5. The lowest BCUT2D eigenvalue weighted by atomic mass is 9.80. The van der Waals surface area contributed by atoms with Gasteiger partial charge in [0.2, 0.25) is 0 Å². The molecule has 1 aromatic carbocycles. The minimum Gasteiger partial charge on any atom is -0.382 e. The van der Waals surface area contributed by atoms with E-state index in [9.17, 15) is 0 Å². The van der Waals surface area contributed by atoms with Gasteiger partial charge in [0.1, 0.15) is 0 Å². The number of unbranched alkanes of at least 4 members (excludes halogenated alkanes) is 1. The fourth-order valence-electron chi connectivity index (χ4n) is 3.24. The van der Waals surface area contributed by atoms with Crippen molar-refractivity contribution in [2.45, 2.75) is 65.3 Å². The molecule has 3 unspecified atom stereocenters. The molecule has 3 atom stereocenters. The molecule has 0 radical (unpaired) electrons. The minimum atomic E-state index is 0.665. The van der Waals surface area contributed by atoms with Gasteiger partial charge < -0.3 is 5.32 Å². The lowest BCUT2D eigenvalue weighted by Crippen LogP contribution is -2.32. The Morgan fingerprint density at radius 3 is 2.47 bits per heavy atom. The first-order valence-corrected chi connectivity index (χ1v) is 8.04. The summed E-state index contributed by atoms with van der Waals surface area (Å²) in [5.74, 6) is 1.70. The molecule has 0 amide bonds. The summed E-state index contributed by atoms with van der Waals surface area (Å²) < 4.78 is 0. The highest BCUT2D eigenvalue weighted by Crippen LogP contribution is 2.30. The monoisotopic (exact) mass is 259 g/mol. The summed E-state index contributed by atoms with van der Waals surface area (Å²) in [5.41, 5.74) is 2.77. The minimum absolute atomic E-state index is 0.665. The summed E-state index contributed by atoms with van der Waals surface area (Å²) in [7, 11) is 0. The Morgan fingerprint density at radius 2 is 1.84 bits per heavy atom. The highest BCUT2D eigenvalue weighted by Gasteiger charge is 2.24. The van der Waals surface area contributed by atoms with Gasteiger partial charge in [-0.3, -0.25) is 0 Å². The Balaban J connectivity index is 1.88. The highest BCUT2D eigenvalue weighted by atomic mass is 14.9. The third kappa shape index (κ3) is 4.26. The van der Waals surface area contributed by atoms with Crippen molar-refractivity contribution >= 4 is 5.69 Å². The molecular formula is C18H29N. The van der Waals surface area contributed by atoms with E-state index < -0.39 is 0 Å². The second kappa shape index (κ2) is 6.98. The summed E-state index contributed by atoms with van der Waals surface area (Å²) in [4.78, 5) is 0. The van der Waals surface area contributed by atoms with E-state index in [1.807, 2.05) is 0 Å². The first-order valence-electron chi connectivity index (χ1n) is 8.04. The van der Waals surface area contributed by atoms with Crippen molar-refractivity contribution in [1.29, 1.82) is 0 Å². The highest BCUT2D eigenvalue weighted by molar-refractivity contribution is 5.45. The molecule has 19 heavy (non-hydrogen) atoms. The van der Waals surface area contributed by atoms with Crippen LogP contribution >= 0.6 is 0 Å². The second-order valence-corrected chi connectivity index (χ2v) is 6.45. The Hall–Kier alpha value is -0.980. The Labute approximate surface area is 118 Å². The van der Waals surface area contributed by atoms with Crippen LogP contribution in [0.4, 0.5) is 5.69 Å². The normalized spacial score (nSPS) is 27.2. The van der Waals surface area contributed by atoms with Gasteiger partial charge in [0.25, 0.3) is 0 Å². The topological polar surface area (TPSA) is 12.0 Å². The second-order valence-electron chi connectivity index (χ2n) is 6.45. The van der Waals surface area contributed by atoms with E-state index in [2.05, 4.69) is 50.4 Å². The van der Waals surface area contributed by atoms with Gasteiger partial charge in [-0.15, -0.1) is 0 Å². The van der Waals surface area contributed by atoms with Crippen LogP contribution in [0.3, 0.4) is 0 Å². The molecule has 1 nitrogen and oxygen atoms in total. The number of benzene rings is 1. The zero-order valence-electron chi connectivity index (χ0n) is 12.8. The van der Waals surface area contributed by atoms with E-state index in [0.29, 0.717) is 6.04 Å². The Kier molecular flexibility index (Phi) is 5.30. The van der Waals surface area contributed by atoms with Crippen molar-refractivity contribution in [3.8, 4) is 0 Å². The predicted molar refractivity (Wildman–Crippen MR) is 84.6 cm³/mol. The Bertz CT molecular complexity index is 368. The molecule has 1 fully saturated rings. The zero-order chi connectivity index (χ0) is 13.7. The third-order valence-corrected chi connectivity index (χ3v) is 4.56. The molecular weight excluding hydrogens is 230 g/mol. The molecule has 0 aromatic heterocycles. The molecule has 1 heteroatoms. The van der Waals surface area contributed by atoms with Crippen molar-refractivity contribution in [2.24, 2.45) is 11.8 Å². The van der Waals surface area contributed by atoms with Gasteiger partial charge in [0, 0.05) is 11.7 Å². The maximum atomic E-state index is 3.73. The standard InChI is InChI=1S/C18H29N/c1-4-5-6-16-8-10-17(11-9-16)19-18-12-7-14(2)13-15(18)3/h8-11,14-15,18-19H,4-7,12-13H2,1-3H3. The van der Waals surface area contributed by atoms with Crippen molar-refractivity contribution in [3.63, 3.8) is 0 Å². The molecule has 0 saturated heterocycles. The van der Waals surface area contributed by atoms with Gasteiger partial charge in [-0.2, -0.15) is 0 Å². The summed E-state index contributed by atoms with van der Waals surface area (Å²) in [5, 5.41) is 3.73. The SMILES string of the molecule is CCCCc1ccc(NC2CCC(C)CC2C)cc1. The van der Waals surface area contributed by atoms with Gasteiger partial charge >= 0.3 is 0 Å². The molecule has 0 heterocycles. The number of aryl methyl sites for hydroxylation is 1. The van der Waals surface area contributed by atoms with Crippen LogP contribution in [0.5, 0.6) is 0 Å². The lowest BCUT2D eigenvalue weighted by molar-refractivity contribution is 0.276. The summed E-state index contributed by atoms with van der Waals surface area (Å²) in [6.45, 7) is 7.03. The van der Waals surface area contributed by atoms with Crippen molar-refractivity contribution in [2.75, 3.05) is 5.32 Å². The third-order valence-electron chi connectivity index (χ3n) is 4.56. The molecule has 1 aromatic rings. The van der Waals surface area contributed by atoms with E-state index in [0.717, 1.165) is 11.8 Å². The van der Waals surface area contributed by atoms with Crippen LogP contribution in [-0.4, -0.2) is 6.04 Å². The van der Waals surface area contributed by atoms with Crippen LogP contribution in [0.25, 0.3) is 0 Å².